The van der Waals surface area contributed by atoms with Crippen molar-refractivity contribution in [2.75, 3.05) is 0 Å². The first-order valence-electron chi connectivity index (χ1n) is 8.12. The number of nitrogens with one attached hydrogen (secondary N) is 1. The van der Waals surface area contributed by atoms with Crippen LogP contribution in [0.2, 0.25) is 0 Å². The number of carbonyl (C=O) groups is 2. The Morgan fingerprint density at radius 3 is 2.61 bits per heavy atom. The van der Waals surface area contributed by atoms with Gasteiger partial charge in [-0.15, -0.1) is 0 Å². The van der Waals surface area contributed by atoms with Crippen LogP contribution in [-0.2, 0) is 16.1 Å². The molecule has 0 bridgehead atoms. The summed E-state index contributed by atoms with van der Waals surface area (Å²) in [5.74, 6) is -1.36. The van der Waals surface area contributed by atoms with Gasteiger partial charge in [-0.3, -0.25) is 9.59 Å². The molecule has 4 heteroatoms. The van der Waals surface area contributed by atoms with E-state index in [9.17, 15) is 9.59 Å². The monoisotopic (exact) mass is 311 g/mol. The van der Waals surface area contributed by atoms with Gasteiger partial charge in [0.05, 0.1) is 5.92 Å². The number of aliphatic carboxylic acids is 1. The van der Waals surface area contributed by atoms with Gasteiger partial charge in [0.2, 0.25) is 5.91 Å². The average molecular weight is 311 g/mol. The number of fused-ring (bicyclic) bond motifs is 1. The van der Waals surface area contributed by atoms with Crippen molar-refractivity contribution in [3.63, 3.8) is 0 Å². The zero-order valence-corrected chi connectivity index (χ0v) is 13.0. The molecule has 1 aliphatic rings. The van der Waals surface area contributed by atoms with Gasteiger partial charge in [0.1, 0.15) is 0 Å². The van der Waals surface area contributed by atoms with Crippen LogP contribution in [0.15, 0.2) is 42.5 Å². The quantitative estimate of drug-likeness (QED) is 0.910. The molecule has 1 aliphatic carbocycles. The summed E-state index contributed by atoms with van der Waals surface area (Å²) in [5, 5.41) is 14.4. The van der Waals surface area contributed by atoms with Crippen molar-refractivity contribution in [2.24, 2.45) is 11.8 Å². The number of rotatable bonds is 4. The van der Waals surface area contributed by atoms with E-state index in [1.165, 1.54) is 0 Å². The molecule has 2 unspecified atom stereocenters. The Labute approximate surface area is 135 Å². The number of carbonyl (C=O) groups excluding carboxylic acids is 1. The highest BCUT2D eigenvalue weighted by molar-refractivity contribution is 5.86. The smallest absolute Gasteiger partial charge is 0.306 e. The Balaban J connectivity index is 1.65. The molecule has 0 aliphatic heterocycles. The van der Waals surface area contributed by atoms with Crippen molar-refractivity contribution in [3.05, 3.63) is 48.0 Å². The van der Waals surface area contributed by atoms with Gasteiger partial charge in [-0.05, 0) is 35.6 Å². The zero-order valence-electron chi connectivity index (χ0n) is 13.0. The van der Waals surface area contributed by atoms with Gasteiger partial charge in [-0.2, -0.15) is 0 Å². The number of benzene rings is 2. The van der Waals surface area contributed by atoms with Crippen molar-refractivity contribution in [2.45, 2.75) is 32.2 Å². The molecule has 1 fully saturated rings. The summed E-state index contributed by atoms with van der Waals surface area (Å²) in [4.78, 5) is 23.5. The summed E-state index contributed by atoms with van der Waals surface area (Å²) in [7, 11) is 0. The van der Waals surface area contributed by atoms with Crippen molar-refractivity contribution < 1.29 is 14.7 Å². The summed E-state index contributed by atoms with van der Waals surface area (Å²) < 4.78 is 0. The topological polar surface area (TPSA) is 66.4 Å². The minimum absolute atomic E-state index is 0.0242. The van der Waals surface area contributed by atoms with Crippen LogP contribution in [0.25, 0.3) is 10.8 Å². The Hall–Kier alpha value is -2.36. The lowest BCUT2D eigenvalue weighted by Crippen LogP contribution is -2.35. The lowest BCUT2D eigenvalue weighted by atomic mass is 9.81. The molecule has 2 aromatic rings. The van der Waals surface area contributed by atoms with Crippen LogP contribution in [0.5, 0.6) is 0 Å². The van der Waals surface area contributed by atoms with E-state index in [1.54, 1.807) is 0 Å². The van der Waals surface area contributed by atoms with Gasteiger partial charge in [0.15, 0.2) is 0 Å². The fourth-order valence-corrected chi connectivity index (χ4v) is 3.43. The molecule has 1 saturated carbocycles. The third kappa shape index (κ3) is 3.52. The molecule has 1 amide bonds. The average Bonchev–Trinajstić information content (AvgIpc) is 2.59. The molecule has 0 heterocycles. The number of hydrogen-bond donors (Lipinski definition) is 2. The van der Waals surface area contributed by atoms with E-state index in [0.717, 1.165) is 29.2 Å². The van der Waals surface area contributed by atoms with Gasteiger partial charge in [-0.25, -0.2) is 0 Å². The van der Waals surface area contributed by atoms with E-state index >= 15 is 0 Å². The predicted octanol–water partition coefficient (Wildman–Crippen LogP) is 3.35. The summed E-state index contributed by atoms with van der Waals surface area (Å²) in [6.45, 7) is 0.481. The lowest BCUT2D eigenvalue weighted by molar-refractivity contribution is -0.144. The maximum Gasteiger partial charge on any atom is 0.306 e. The SMILES string of the molecule is O=C(O)C1CCCC(C(=O)NCc2cccc3ccccc23)C1. The molecule has 0 spiro atoms. The number of carboxylic acids is 1. The van der Waals surface area contributed by atoms with Crippen molar-refractivity contribution >= 4 is 22.6 Å². The van der Waals surface area contributed by atoms with E-state index in [0.29, 0.717) is 19.4 Å². The Morgan fingerprint density at radius 2 is 1.78 bits per heavy atom. The van der Waals surface area contributed by atoms with E-state index < -0.39 is 5.97 Å². The van der Waals surface area contributed by atoms with Crippen LogP contribution in [0.3, 0.4) is 0 Å². The largest absolute Gasteiger partial charge is 0.481 e. The standard InChI is InChI=1S/C19H21NO3/c21-18(14-7-4-8-15(11-14)19(22)23)20-12-16-9-3-6-13-5-1-2-10-17(13)16/h1-3,5-6,9-10,14-15H,4,7-8,11-12H2,(H,20,21)(H,22,23). The maximum atomic E-state index is 12.4. The van der Waals surface area contributed by atoms with Gasteiger partial charge in [0, 0.05) is 12.5 Å². The highest BCUT2D eigenvalue weighted by Gasteiger charge is 2.30. The first-order chi connectivity index (χ1) is 11.1. The summed E-state index contributed by atoms with van der Waals surface area (Å²) in [6.07, 6.45) is 2.73. The van der Waals surface area contributed by atoms with Gasteiger partial charge >= 0.3 is 5.97 Å². The van der Waals surface area contributed by atoms with E-state index in [4.69, 9.17) is 5.11 Å². The van der Waals surface area contributed by atoms with Crippen LogP contribution >= 0.6 is 0 Å². The van der Waals surface area contributed by atoms with E-state index in [2.05, 4.69) is 23.5 Å². The van der Waals surface area contributed by atoms with E-state index in [1.807, 2.05) is 24.3 Å². The summed E-state index contributed by atoms with van der Waals surface area (Å²) in [5.41, 5.74) is 1.09. The fourth-order valence-electron chi connectivity index (χ4n) is 3.43. The van der Waals surface area contributed by atoms with Crippen LogP contribution < -0.4 is 5.32 Å². The van der Waals surface area contributed by atoms with Crippen molar-refractivity contribution in [3.8, 4) is 0 Å². The summed E-state index contributed by atoms with van der Waals surface area (Å²) >= 11 is 0. The first-order valence-corrected chi connectivity index (χ1v) is 8.12. The third-order valence-corrected chi connectivity index (χ3v) is 4.73. The van der Waals surface area contributed by atoms with Crippen LogP contribution in [-0.4, -0.2) is 17.0 Å². The Bertz CT molecular complexity index is 720. The number of carboxylic acid groups (broad SMARTS) is 1. The second kappa shape index (κ2) is 6.82. The predicted molar refractivity (Wildman–Crippen MR) is 88.9 cm³/mol. The highest BCUT2D eigenvalue weighted by Crippen LogP contribution is 2.29. The number of hydrogen-bond acceptors (Lipinski definition) is 2. The van der Waals surface area contributed by atoms with Crippen molar-refractivity contribution in [1.82, 2.24) is 5.32 Å². The van der Waals surface area contributed by atoms with E-state index in [-0.39, 0.29) is 17.7 Å². The molecule has 2 aromatic carbocycles. The van der Waals surface area contributed by atoms with Gasteiger partial charge < -0.3 is 10.4 Å². The van der Waals surface area contributed by atoms with Crippen LogP contribution in [0.4, 0.5) is 0 Å². The molecule has 23 heavy (non-hydrogen) atoms. The molecule has 3 rings (SSSR count). The van der Waals surface area contributed by atoms with Gasteiger partial charge in [-0.1, -0.05) is 48.9 Å². The first kappa shape index (κ1) is 15.5. The second-order valence-electron chi connectivity index (χ2n) is 6.25. The molecular weight excluding hydrogens is 290 g/mol. The van der Waals surface area contributed by atoms with Crippen LogP contribution in [0.1, 0.15) is 31.2 Å². The Morgan fingerprint density at radius 1 is 1.04 bits per heavy atom. The molecule has 2 N–H and O–H groups in total. The molecular formula is C19H21NO3. The lowest BCUT2D eigenvalue weighted by Gasteiger charge is -2.25. The third-order valence-electron chi connectivity index (χ3n) is 4.73. The molecule has 2 atom stereocenters. The summed E-state index contributed by atoms with van der Waals surface area (Å²) in [6, 6.07) is 14.2. The van der Waals surface area contributed by atoms with Gasteiger partial charge in [0.25, 0.3) is 0 Å². The molecule has 120 valence electrons. The van der Waals surface area contributed by atoms with Crippen LogP contribution in [0, 0.1) is 11.8 Å². The second-order valence-corrected chi connectivity index (χ2v) is 6.25. The molecule has 0 saturated heterocycles. The Kier molecular flexibility index (Phi) is 4.60. The zero-order chi connectivity index (χ0) is 16.2. The maximum absolute atomic E-state index is 12.4. The minimum Gasteiger partial charge on any atom is -0.481 e. The highest BCUT2D eigenvalue weighted by atomic mass is 16.4. The molecule has 0 radical (unpaired) electrons. The van der Waals surface area contributed by atoms with Crippen molar-refractivity contribution in [1.29, 1.82) is 0 Å². The number of amides is 1. The fraction of sp³-hybridized carbons (Fsp3) is 0.368. The normalized spacial score (nSPS) is 21.0. The minimum atomic E-state index is -0.781. The molecule has 0 aromatic heterocycles. The molecule has 4 nitrogen and oxygen atoms in total.